The molecule has 32 heavy (non-hydrogen) atoms. The monoisotopic (exact) mass is 436 g/mol. The molecule has 1 aliphatic carbocycles. The molecule has 2 amide bonds. The van der Waals surface area contributed by atoms with Crippen molar-refractivity contribution < 1.29 is 14.3 Å². The molecule has 5 heteroatoms. The number of amides is 2. The molecule has 0 radical (unpaired) electrons. The van der Waals surface area contributed by atoms with Crippen molar-refractivity contribution in [2.24, 2.45) is 0 Å². The predicted octanol–water partition coefficient (Wildman–Crippen LogP) is 4.84. The lowest BCUT2D eigenvalue weighted by Crippen LogP contribution is -2.50. The van der Waals surface area contributed by atoms with Crippen LogP contribution in [0.4, 0.5) is 0 Å². The van der Waals surface area contributed by atoms with Crippen LogP contribution in [0.3, 0.4) is 0 Å². The van der Waals surface area contributed by atoms with E-state index in [1.807, 2.05) is 54.6 Å². The summed E-state index contributed by atoms with van der Waals surface area (Å²) >= 11 is 0. The largest absolute Gasteiger partial charge is 0.483 e. The van der Waals surface area contributed by atoms with Gasteiger partial charge < -0.3 is 15.0 Å². The zero-order valence-corrected chi connectivity index (χ0v) is 19.8. The van der Waals surface area contributed by atoms with Gasteiger partial charge in [0.05, 0.1) is 0 Å². The normalized spacial score (nSPS) is 15.2. The Balaban J connectivity index is 1.73. The van der Waals surface area contributed by atoms with E-state index in [0.29, 0.717) is 12.3 Å². The number of carbonyl (C=O) groups is 2. The van der Waals surface area contributed by atoms with Gasteiger partial charge in [-0.2, -0.15) is 0 Å². The average Bonchev–Trinajstić information content (AvgIpc) is 3.28. The molecular weight excluding hydrogens is 400 g/mol. The molecule has 0 heterocycles. The first-order valence-corrected chi connectivity index (χ1v) is 11.6. The first-order valence-electron chi connectivity index (χ1n) is 11.6. The highest BCUT2D eigenvalue weighted by Crippen LogP contribution is 2.31. The van der Waals surface area contributed by atoms with Crippen molar-refractivity contribution in [1.82, 2.24) is 10.2 Å². The Morgan fingerprint density at radius 3 is 2.31 bits per heavy atom. The second-order valence-electron chi connectivity index (χ2n) is 9.71. The van der Waals surface area contributed by atoms with E-state index in [9.17, 15) is 9.59 Å². The zero-order valence-electron chi connectivity index (χ0n) is 19.8. The Bertz CT molecular complexity index is 899. The molecule has 172 valence electrons. The average molecular weight is 437 g/mol. The van der Waals surface area contributed by atoms with E-state index < -0.39 is 6.04 Å². The summed E-state index contributed by atoms with van der Waals surface area (Å²) in [7, 11) is 0. The quantitative estimate of drug-likeness (QED) is 0.644. The summed E-state index contributed by atoms with van der Waals surface area (Å²) in [6.07, 6.45) is 4.32. The molecule has 1 N–H and O–H groups in total. The number of benzene rings is 2. The maximum atomic E-state index is 13.3. The second-order valence-corrected chi connectivity index (χ2v) is 9.71. The van der Waals surface area contributed by atoms with Crippen molar-refractivity contribution in [1.29, 1.82) is 0 Å². The fraction of sp³-hybridized carbons (Fsp3) is 0.481. The number of nitrogens with one attached hydrogen (secondary N) is 1. The number of hydrogen-bond acceptors (Lipinski definition) is 3. The molecule has 1 fully saturated rings. The first kappa shape index (κ1) is 23.8. The van der Waals surface area contributed by atoms with Crippen molar-refractivity contribution in [3.05, 3.63) is 65.7 Å². The molecule has 2 aromatic rings. The molecule has 2 aromatic carbocycles. The third kappa shape index (κ3) is 6.35. The maximum Gasteiger partial charge on any atom is 0.261 e. The third-order valence-corrected chi connectivity index (χ3v) is 6.11. The topological polar surface area (TPSA) is 58.6 Å². The van der Waals surface area contributed by atoms with E-state index in [1.54, 1.807) is 11.8 Å². The van der Waals surface area contributed by atoms with Gasteiger partial charge in [-0.1, -0.05) is 82.1 Å². The van der Waals surface area contributed by atoms with Crippen LogP contribution >= 0.6 is 0 Å². The number of para-hydroxylation sites is 1. The van der Waals surface area contributed by atoms with E-state index >= 15 is 0 Å². The summed E-state index contributed by atoms with van der Waals surface area (Å²) < 4.78 is 5.98. The molecular formula is C27H36N2O3. The number of ether oxygens (including phenoxy) is 1. The minimum Gasteiger partial charge on any atom is -0.483 e. The molecule has 5 nitrogen and oxygen atoms in total. The van der Waals surface area contributed by atoms with E-state index in [2.05, 4.69) is 26.1 Å². The fourth-order valence-electron chi connectivity index (χ4n) is 4.19. The van der Waals surface area contributed by atoms with Gasteiger partial charge in [0.15, 0.2) is 6.61 Å². The molecule has 1 atom stereocenters. The smallest absolute Gasteiger partial charge is 0.261 e. The van der Waals surface area contributed by atoms with Gasteiger partial charge in [-0.25, -0.2) is 0 Å². The molecule has 0 unspecified atom stereocenters. The van der Waals surface area contributed by atoms with Crippen LogP contribution < -0.4 is 10.1 Å². The third-order valence-electron chi connectivity index (χ3n) is 6.11. The van der Waals surface area contributed by atoms with E-state index in [0.717, 1.165) is 36.8 Å². The number of carbonyl (C=O) groups excluding carboxylic acids is 2. The molecule has 1 saturated carbocycles. The highest BCUT2D eigenvalue weighted by atomic mass is 16.5. The molecule has 0 saturated heterocycles. The fourth-order valence-corrected chi connectivity index (χ4v) is 4.19. The van der Waals surface area contributed by atoms with Gasteiger partial charge in [0, 0.05) is 12.6 Å². The van der Waals surface area contributed by atoms with Crippen molar-refractivity contribution in [3.8, 4) is 5.75 Å². The summed E-state index contributed by atoms with van der Waals surface area (Å²) in [4.78, 5) is 27.9. The van der Waals surface area contributed by atoms with Crippen molar-refractivity contribution in [2.45, 2.75) is 77.4 Å². The Kier molecular flexibility index (Phi) is 7.94. The number of nitrogens with zero attached hydrogens (tertiary/aromatic N) is 1. The van der Waals surface area contributed by atoms with Gasteiger partial charge in [0.25, 0.3) is 5.91 Å². The molecule has 0 bridgehead atoms. The summed E-state index contributed by atoms with van der Waals surface area (Å²) in [6.45, 7) is 8.41. The lowest BCUT2D eigenvalue weighted by Gasteiger charge is -2.30. The molecule has 1 aliphatic rings. The SMILES string of the molecule is C[C@@H](C(=O)NC1CCCC1)N(Cc1ccccc1)C(=O)COc1ccccc1C(C)(C)C. The van der Waals surface area contributed by atoms with Crippen LogP contribution in [0.15, 0.2) is 54.6 Å². The highest BCUT2D eigenvalue weighted by Gasteiger charge is 2.29. The maximum absolute atomic E-state index is 13.3. The zero-order chi connectivity index (χ0) is 23.1. The van der Waals surface area contributed by atoms with E-state index in [-0.39, 0.29) is 29.9 Å². The summed E-state index contributed by atoms with van der Waals surface area (Å²) in [5.74, 6) is 0.402. The van der Waals surface area contributed by atoms with Crippen LogP contribution in [0.1, 0.15) is 64.5 Å². The highest BCUT2D eigenvalue weighted by molar-refractivity contribution is 5.88. The van der Waals surface area contributed by atoms with Crippen LogP contribution in [-0.2, 0) is 21.5 Å². The summed E-state index contributed by atoms with van der Waals surface area (Å²) in [6, 6.07) is 17.2. The van der Waals surface area contributed by atoms with Crippen LogP contribution in [0, 0.1) is 0 Å². The van der Waals surface area contributed by atoms with Crippen LogP contribution in [0.2, 0.25) is 0 Å². The van der Waals surface area contributed by atoms with Crippen LogP contribution in [0.25, 0.3) is 0 Å². The van der Waals surface area contributed by atoms with Gasteiger partial charge in [0.2, 0.25) is 5.91 Å². The van der Waals surface area contributed by atoms with Gasteiger partial charge >= 0.3 is 0 Å². The minimum absolute atomic E-state index is 0.0994. The number of rotatable bonds is 8. The molecule has 0 spiro atoms. The van der Waals surface area contributed by atoms with Gasteiger partial charge in [-0.15, -0.1) is 0 Å². The van der Waals surface area contributed by atoms with Gasteiger partial charge in [0.1, 0.15) is 11.8 Å². The summed E-state index contributed by atoms with van der Waals surface area (Å²) in [5, 5.41) is 3.13. The predicted molar refractivity (Wildman–Crippen MR) is 127 cm³/mol. The van der Waals surface area contributed by atoms with Crippen molar-refractivity contribution >= 4 is 11.8 Å². The Labute approximate surface area is 192 Å². The van der Waals surface area contributed by atoms with Crippen LogP contribution in [-0.4, -0.2) is 35.4 Å². The Morgan fingerprint density at radius 1 is 1.03 bits per heavy atom. The lowest BCUT2D eigenvalue weighted by molar-refractivity contribution is -0.142. The van der Waals surface area contributed by atoms with Crippen molar-refractivity contribution in [2.75, 3.05) is 6.61 Å². The number of hydrogen-bond donors (Lipinski definition) is 1. The Morgan fingerprint density at radius 2 is 1.66 bits per heavy atom. The first-order chi connectivity index (χ1) is 15.3. The standard InChI is InChI=1S/C27H36N2O3/c1-20(26(31)28-22-14-8-9-15-22)29(18-21-12-6-5-7-13-21)25(30)19-32-24-17-11-10-16-23(24)27(2,3)4/h5-7,10-13,16-17,20,22H,8-9,14-15,18-19H2,1-4H3,(H,28,31)/t20-/m0/s1. The molecule has 0 aromatic heterocycles. The van der Waals surface area contributed by atoms with Gasteiger partial charge in [-0.3, -0.25) is 9.59 Å². The molecule has 0 aliphatic heterocycles. The lowest BCUT2D eigenvalue weighted by atomic mass is 9.86. The van der Waals surface area contributed by atoms with E-state index in [1.165, 1.54) is 0 Å². The minimum atomic E-state index is -0.579. The van der Waals surface area contributed by atoms with E-state index in [4.69, 9.17) is 4.74 Å². The van der Waals surface area contributed by atoms with Crippen LogP contribution in [0.5, 0.6) is 5.75 Å². The van der Waals surface area contributed by atoms with Crippen molar-refractivity contribution in [3.63, 3.8) is 0 Å². The Hall–Kier alpha value is -2.82. The van der Waals surface area contributed by atoms with Gasteiger partial charge in [-0.05, 0) is 42.4 Å². The second kappa shape index (κ2) is 10.7. The summed E-state index contributed by atoms with van der Waals surface area (Å²) in [5.41, 5.74) is 1.93. The molecule has 3 rings (SSSR count).